The van der Waals surface area contributed by atoms with Crippen LogP contribution in [-0.4, -0.2) is 44.8 Å². The average Bonchev–Trinajstić information content (AvgIpc) is 2.84. The van der Waals surface area contributed by atoms with Crippen LogP contribution < -0.4 is 0 Å². The molecule has 2 atom stereocenters. The predicted octanol–water partition coefficient (Wildman–Crippen LogP) is 0.785. The first-order valence-electron chi connectivity index (χ1n) is 5.66. The number of H-pyrrole nitrogens is 1. The molecule has 0 spiro atoms. The number of carbonyl (C=O) groups excluding carboxylic acids is 1. The van der Waals surface area contributed by atoms with Crippen molar-refractivity contribution in [3.8, 4) is 0 Å². The molecule has 1 aliphatic rings. The highest BCUT2D eigenvalue weighted by atomic mass is 16.3. The smallest absolute Gasteiger partial charge is 0.257 e. The van der Waals surface area contributed by atoms with Crippen LogP contribution in [-0.2, 0) is 0 Å². The van der Waals surface area contributed by atoms with Crippen molar-refractivity contribution in [1.29, 1.82) is 0 Å². The third-order valence-electron chi connectivity index (χ3n) is 3.00. The van der Waals surface area contributed by atoms with Crippen LogP contribution in [0.3, 0.4) is 0 Å². The predicted molar refractivity (Wildman–Crippen MR) is 58.9 cm³/mol. The molecule has 1 aromatic heterocycles. The van der Waals surface area contributed by atoms with E-state index in [0.717, 1.165) is 19.4 Å². The van der Waals surface area contributed by atoms with Crippen LogP contribution in [0.2, 0.25) is 0 Å². The van der Waals surface area contributed by atoms with Crippen LogP contribution in [0.1, 0.15) is 36.5 Å². The van der Waals surface area contributed by atoms with Crippen molar-refractivity contribution in [2.75, 3.05) is 6.54 Å². The van der Waals surface area contributed by atoms with E-state index >= 15 is 0 Å². The Morgan fingerprint density at radius 2 is 2.62 bits per heavy atom. The molecule has 2 N–H and O–H groups in total. The Kier molecular flexibility index (Phi) is 3.24. The summed E-state index contributed by atoms with van der Waals surface area (Å²) in [5, 5.41) is 15.8. The molecule has 2 rings (SSSR count). The van der Waals surface area contributed by atoms with E-state index in [0.29, 0.717) is 12.0 Å². The van der Waals surface area contributed by atoms with Gasteiger partial charge in [0.2, 0.25) is 0 Å². The molecule has 0 radical (unpaired) electrons. The average molecular weight is 223 g/mol. The Labute approximate surface area is 94.5 Å². The molecular weight excluding hydrogens is 206 g/mol. The first-order valence-corrected chi connectivity index (χ1v) is 5.66. The number of aliphatic hydroxyl groups excluding tert-OH is 1. The molecule has 2 unspecified atom stereocenters. The Balaban J connectivity index is 2.05. The van der Waals surface area contributed by atoms with Crippen LogP contribution in [0.15, 0.2) is 12.4 Å². The second kappa shape index (κ2) is 4.65. The lowest BCUT2D eigenvalue weighted by atomic mass is 10.1. The van der Waals surface area contributed by atoms with Gasteiger partial charge in [-0.15, -0.1) is 0 Å². The zero-order valence-corrected chi connectivity index (χ0v) is 9.39. The zero-order valence-electron chi connectivity index (χ0n) is 9.39. The van der Waals surface area contributed by atoms with Gasteiger partial charge in [-0.05, 0) is 26.2 Å². The van der Waals surface area contributed by atoms with Crippen LogP contribution in [0.25, 0.3) is 0 Å². The summed E-state index contributed by atoms with van der Waals surface area (Å²) in [4.78, 5) is 13.9. The molecule has 16 heavy (non-hydrogen) atoms. The van der Waals surface area contributed by atoms with E-state index in [9.17, 15) is 9.90 Å². The van der Waals surface area contributed by atoms with Crippen molar-refractivity contribution < 1.29 is 9.90 Å². The fraction of sp³-hybridized carbons (Fsp3) is 0.636. The van der Waals surface area contributed by atoms with E-state index in [1.165, 1.54) is 0 Å². The minimum Gasteiger partial charge on any atom is -0.393 e. The highest BCUT2D eigenvalue weighted by Gasteiger charge is 2.30. The number of aromatic nitrogens is 2. The second-order valence-corrected chi connectivity index (χ2v) is 4.37. The largest absolute Gasteiger partial charge is 0.393 e. The van der Waals surface area contributed by atoms with Gasteiger partial charge in [-0.2, -0.15) is 5.10 Å². The Bertz CT molecular complexity index is 348. The van der Waals surface area contributed by atoms with E-state index in [4.69, 9.17) is 0 Å². The first kappa shape index (κ1) is 11.1. The maximum atomic E-state index is 12.1. The van der Waals surface area contributed by atoms with Crippen LogP contribution in [0, 0.1) is 0 Å². The summed E-state index contributed by atoms with van der Waals surface area (Å²) in [6.07, 6.45) is 5.45. The quantitative estimate of drug-likeness (QED) is 0.795. The molecule has 1 amide bonds. The third kappa shape index (κ3) is 2.24. The number of hydrogen-bond donors (Lipinski definition) is 2. The van der Waals surface area contributed by atoms with Gasteiger partial charge in [0.15, 0.2) is 0 Å². The Morgan fingerprint density at radius 1 is 1.81 bits per heavy atom. The molecule has 2 heterocycles. The normalized spacial score (nSPS) is 22.4. The molecule has 1 saturated heterocycles. The van der Waals surface area contributed by atoms with Crippen molar-refractivity contribution in [3.63, 3.8) is 0 Å². The molecule has 5 heteroatoms. The number of aliphatic hydroxyl groups is 1. The minimum atomic E-state index is -0.359. The van der Waals surface area contributed by atoms with E-state index in [2.05, 4.69) is 10.2 Å². The number of likely N-dealkylation sites (tertiary alicyclic amines) is 1. The highest BCUT2D eigenvalue weighted by Crippen LogP contribution is 2.23. The maximum Gasteiger partial charge on any atom is 0.257 e. The summed E-state index contributed by atoms with van der Waals surface area (Å²) in [7, 11) is 0. The van der Waals surface area contributed by atoms with Gasteiger partial charge >= 0.3 is 0 Å². The molecule has 1 aromatic rings. The van der Waals surface area contributed by atoms with Crippen molar-refractivity contribution in [1.82, 2.24) is 15.1 Å². The van der Waals surface area contributed by atoms with E-state index in [1.54, 1.807) is 19.3 Å². The van der Waals surface area contributed by atoms with Gasteiger partial charge in [-0.3, -0.25) is 9.89 Å². The summed E-state index contributed by atoms with van der Waals surface area (Å²) < 4.78 is 0. The van der Waals surface area contributed by atoms with Gasteiger partial charge in [0.05, 0.1) is 17.9 Å². The lowest BCUT2D eigenvalue weighted by Crippen LogP contribution is -2.37. The van der Waals surface area contributed by atoms with Crippen molar-refractivity contribution in [2.24, 2.45) is 0 Å². The zero-order chi connectivity index (χ0) is 11.5. The van der Waals surface area contributed by atoms with Crippen LogP contribution >= 0.6 is 0 Å². The van der Waals surface area contributed by atoms with Crippen molar-refractivity contribution >= 4 is 5.91 Å². The second-order valence-electron chi connectivity index (χ2n) is 4.37. The third-order valence-corrected chi connectivity index (χ3v) is 3.00. The molecule has 0 aliphatic carbocycles. The molecule has 0 saturated carbocycles. The number of rotatable bonds is 3. The van der Waals surface area contributed by atoms with Gasteiger partial charge in [0, 0.05) is 18.8 Å². The van der Waals surface area contributed by atoms with Gasteiger partial charge in [-0.1, -0.05) is 0 Å². The number of nitrogens with zero attached hydrogens (tertiary/aromatic N) is 2. The molecule has 0 bridgehead atoms. The monoisotopic (exact) mass is 223 g/mol. The first-order chi connectivity index (χ1) is 7.68. The standard InChI is InChI=1S/C11H17N3O2/c1-8(15)5-10-3-2-4-14(10)11(16)9-6-12-13-7-9/h6-8,10,15H,2-5H2,1H3,(H,12,13). The number of hydrogen-bond acceptors (Lipinski definition) is 3. The topological polar surface area (TPSA) is 69.2 Å². The van der Waals surface area contributed by atoms with Gasteiger partial charge in [0.25, 0.3) is 5.91 Å². The van der Waals surface area contributed by atoms with Gasteiger partial charge < -0.3 is 10.0 Å². The summed E-state index contributed by atoms with van der Waals surface area (Å²) in [5.41, 5.74) is 0.595. The number of nitrogens with one attached hydrogen (secondary N) is 1. The lowest BCUT2D eigenvalue weighted by molar-refractivity contribution is 0.0682. The van der Waals surface area contributed by atoms with E-state index < -0.39 is 0 Å². The van der Waals surface area contributed by atoms with Crippen LogP contribution in [0.5, 0.6) is 0 Å². The molecule has 0 aromatic carbocycles. The van der Waals surface area contributed by atoms with Crippen molar-refractivity contribution in [2.45, 2.75) is 38.3 Å². The summed E-state index contributed by atoms with van der Waals surface area (Å²) in [5.74, 6) is 0.0110. The summed E-state index contributed by atoms with van der Waals surface area (Å²) in [6.45, 7) is 2.54. The van der Waals surface area contributed by atoms with Gasteiger partial charge in [-0.25, -0.2) is 0 Å². The molecular formula is C11H17N3O2. The highest BCUT2D eigenvalue weighted by molar-refractivity contribution is 5.94. The number of carbonyl (C=O) groups is 1. The van der Waals surface area contributed by atoms with E-state index in [1.807, 2.05) is 4.90 Å². The van der Waals surface area contributed by atoms with E-state index in [-0.39, 0.29) is 18.1 Å². The Hall–Kier alpha value is -1.36. The molecule has 5 nitrogen and oxygen atoms in total. The number of aromatic amines is 1. The number of amides is 1. The lowest BCUT2D eigenvalue weighted by Gasteiger charge is -2.25. The molecule has 88 valence electrons. The SMILES string of the molecule is CC(O)CC1CCCN1C(=O)c1cn[nH]c1. The van der Waals surface area contributed by atoms with Crippen molar-refractivity contribution in [3.05, 3.63) is 18.0 Å². The molecule has 1 fully saturated rings. The summed E-state index contributed by atoms with van der Waals surface area (Å²) >= 11 is 0. The fourth-order valence-electron chi connectivity index (χ4n) is 2.28. The fourth-order valence-corrected chi connectivity index (χ4v) is 2.28. The molecule has 1 aliphatic heterocycles. The summed E-state index contributed by atoms with van der Waals surface area (Å²) in [6, 6.07) is 0.169. The van der Waals surface area contributed by atoms with Gasteiger partial charge in [0.1, 0.15) is 0 Å². The van der Waals surface area contributed by atoms with Crippen LogP contribution in [0.4, 0.5) is 0 Å². The Morgan fingerprint density at radius 3 is 3.25 bits per heavy atom. The maximum absolute atomic E-state index is 12.1. The minimum absolute atomic E-state index is 0.0110.